The molecule has 0 bridgehead atoms. The topological polar surface area (TPSA) is 38.5 Å². The lowest BCUT2D eigenvalue weighted by molar-refractivity contribution is 0.302. The van der Waals surface area contributed by atoms with E-state index in [2.05, 4.69) is 53.9 Å². The number of likely N-dealkylation sites (tertiary alicyclic amines) is 1. The van der Waals surface area contributed by atoms with E-state index in [0.29, 0.717) is 17.9 Å². The molecule has 1 fully saturated rings. The summed E-state index contributed by atoms with van der Waals surface area (Å²) in [5.41, 5.74) is 8.47. The Morgan fingerprint density at radius 1 is 1.45 bits per heavy atom. The third kappa shape index (κ3) is 3.02. The van der Waals surface area contributed by atoms with Gasteiger partial charge in [-0.25, -0.2) is 0 Å². The first-order valence-electron chi connectivity index (χ1n) is 7.25. The first-order valence-corrected chi connectivity index (χ1v) is 8.04. The molecule has 1 heterocycles. The highest BCUT2D eigenvalue weighted by molar-refractivity contribution is 9.10. The molecule has 0 amide bonds. The number of benzene rings is 1. The Morgan fingerprint density at radius 3 is 2.65 bits per heavy atom. The summed E-state index contributed by atoms with van der Waals surface area (Å²) in [7, 11) is 3.92. The van der Waals surface area contributed by atoms with Crippen molar-refractivity contribution in [3.05, 3.63) is 27.7 Å². The largest absolute Gasteiger partial charge is 0.495 e. The summed E-state index contributed by atoms with van der Waals surface area (Å²) in [6.45, 7) is 6.26. The number of nitrogens with zero attached hydrogens (tertiary/aromatic N) is 1. The average molecular weight is 341 g/mol. The Bertz CT molecular complexity index is 476. The zero-order valence-electron chi connectivity index (χ0n) is 12.8. The van der Waals surface area contributed by atoms with E-state index in [1.165, 1.54) is 11.1 Å². The van der Waals surface area contributed by atoms with Gasteiger partial charge < -0.3 is 10.5 Å². The van der Waals surface area contributed by atoms with Crippen molar-refractivity contribution in [2.24, 2.45) is 11.7 Å². The lowest BCUT2D eigenvalue weighted by atomic mass is 9.94. The summed E-state index contributed by atoms with van der Waals surface area (Å²) in [5.74, 6) is 2.05. The second-order valence-corrected chi connectivity index (χ2v) is 6.93. The van der Waals surface area contributed by atoms with E-state index in [1.54, 1.807) is 7.11 Å². The van der Waals surface area contributed by atoms with Crippen molar-refractivity contribution < 1.29 is 4.74 Å². The van der Waals surface area contributed by atoms with E-state index in [9.17, 15) is 0 Å². The maximum Gasteiger partial charge on any atom is 0.137 e. The van der Waals surface area contributed by atoms with Crippen molar-refractivity contribution in [1.29, 1.82) is 0 Å². The van der Waals surface area contributed by atoms with Crippen LogP contribution >= 0.6 is 15.9 Å². The number of hydrogen-bond donors (Lipinski definition) is 1. The Hall–Kier alpha value is -0.580. The molecule has 2 unspecified atom stereocenters. The van der Waals surface area contributed by atoms with Gasteiger partial charge in [-0.05, 0) is 59.4 Å². The SMILES string of the molecule is COc1c(Br)cc(C(C)C)cc1C1CC(CN)CN1C. The predicted octanol–water partition coefficient (Wildman–Crippen LogP) is 3.53. The van der Waals surface area contributed by atoms with Crippen LogP contribution in [0.15, 0.2) is 16.6 Å². The molecule has 112 valence electrons. The van der Waals surface area contributed by atoms with Gasteiger partial charge in [0.05, 0.1) is 11.6 Å². The highest BCUT2D eigenvalue weighted by atomic mass is 79.9. The van der Waals surface area contributed by atoms with Crippen molar-refractivity contribution >= 4 is 15.9 Å². The van der Waals surface area contributed by atoms with Crippen LogP contribution in [0.3, 0.4) is 0 Å². The van der Waals surface area contributed by atoms with Crippen LogP contribution in [-0.4, -0.2) is 32.1 Å². The number of ether oxygens (including phenoxy) is 1. The molecule has 0 saturated carbocycles. The molecule has 1 aliphatic rings. The molecule has 1 saturated heterocycles. The van der Waals surface area contributed by atoms with Crippen LogP contribution in [0.25, 0.3) is 0 Å². The molecule has 0 aromatic heterocycles. The Labute approximate surface area is 130 Å². The first kappa shape index (κ1) is 15.8. The quantitative estimate of drug-likeness (QED) is 0.911. The van der Waals surface area contributed by atoms with E-state index in [4.69, 9.17) is 10.5 Å². The minimum atomic E-state index is 0.397. The zero-order valence-corrected chi connectivity index (χ0v) is 14.4. The molecule has 4 heteroatoms. The van der Waals surface area contributed by atoms with Crippen LogP contribution in [0.4, 0.5) is 0 Å². The first-order chi connectivity index (χ1) is 9.47. The summed E-state index contributed by atoms with van der Waals surface area (Å²) in [4.78, 5) is 2.39. The van der Waals surface area contributed by atoms with Crippen molar-refractivity contribution in [2.45, 2.75) is 32.2 Å². The van der Waals surface area contributed by atoms with E-state index >= 15 is 0 Å². The van der Waals surface area contributed by atoms with Gasteiger partial charge in [0.25, 0.3) is 0 Å². The van der Waals surface area contributed by atoms with Gasteiger partial charge in [0.15, 0.2) is 0 Å². The number of rotatable bonds is 4. The number of nitrogens with two attached hydrogens (primary N) is 1. The molecule has 3 nitrogen and oxygen atoms in total. The molecule has 1 aliphatic heterocycles. The summed E-state index contributed by atoms with van der Waals surface area (Å²) < 4.78 is 6.68. The Morgan fingerprint density at radius 2 is 2.15 bits per heavy atom. The predicted molar refractivity (Wildman–Crippen MR) is 87.3 cm³/mol. The summed E-state index contributed by atoms with van der Waals surface area (Å²) in [6.07, 6.45) is 1.11. The van der Waals surface area contributed by atoms with Crippen molar-refractivity contribution in [1.82, 2.24) is 4.90 Å². The lowest BCUT2D eigenvalue weighted by Gasteiger charge is -2.24. The Balaban J connectivity index is 2.43. The van der Waals surface area contributed by atoms with Gasteiger partial charge in [-0.1, -0.05) is 19.9 Å². The maximum absolute atomic E-state index is 5.85. The average Bonchev–Trinajstić information content (AvgIpc) is 2.78. The molecule has 1 aromatic carbocycles. The standard InChI is InChI=1S/C16H25BrN2O/c1-10(2)12-6-13(16(20-4)14(17)7-12)15-5-11(8-18)9-19(15)3/h6-7,10-11,15H,5,8-9,18H2,1-4H3. The van der Waals surface area contributed by atoms with Crippen LogP contribution in [-0.2, 0) is 0 Å². The monoisotopic (exact) mass is 340 g/mol. The fraction of sp³-hybridized carbons (Fsp3) is 0.625. The highest BCUT2D eigenvalue weighted by Crippen LogP contribution is 2.42. The van der Waals surface area contributed by atoms with Crippen molar-refractivity contribution in [3.8, 4) is 5.75 Å². The molecule has 0 spiro atoms. The molecule has 20 heavy (non-hydrogen) atoms. The minimum Gasteiger partial charge on any atom is -0.495 e. The summed E-state index contributed by atoms with van der Waals surface area (Å²) in [6, 6.07) is 4.87. The normalized spacial score (nSPS) is 23.6. The van der Waals surface area contributed by atoms with E-state index < -0.39 is 0 Å². The molecular weight excluding hydrogens is 316 g/mol. The molecule has 2 rings (SSSR count). The maximum atomic E-state index is 5.85. The molecule has 2 N–H and O–H groups in total. The van der Waals surface area contributed by atoms with Crippen molar-refractivity contribution in [3.63, 3.8) is 0 Å². The number of hydrogen-bond acceptors (Lipinski definition) is 3. The second-order valence-electron chi connectivity index (χ2n) is 6.07. The van der Waals surface area contributed by atoms with Gasteiger partial charge in [-0.2, -0.15) is 0 Å². The third-order valence-electron chi connectivity index (χ3n) is 4.29. The van der Waals surface area contributed by atoms with E-state index in [0.717, 1.165) is 29.7 Å². The van der Waals surface area contributed by atoms with Gasteiger partial charge in [0, 0.05) is 18.2 Å². The summed E-state index contributed by atoms with van der Waals surface area (Å²) in [5, 5.41) is 0. The molecule has 1 aromatic rings. The van der Waals surface area contributed by atoms with Crippen LogP contribution in [0.1, 0.15) is 43.4 Å². The van der Waals surface area contributed by atoms with Crippen LogP contribution in [0, 0.1) is 5.92 Å². The van der Waals surface area contributed by atoms with Gasteiger partial charge in [-0.3, -0.25) is 4.90 Å². The van der Waals surface area contributed by atoms with Gasteiger partial charge in [0.1, 0.15) is 5.75 Å². The van der Waals surface area contributed by atoms with Gasteiger partial charge in [0.2, 0.25) is 0 Å². The summed E-state index contributed by atoms with van der Waals surface area (Å²) >= 11 is 3.66. The fourth-order valence-electron chi connectivity index (χ4n) is 3.07. The molecule has 0 aliphatic carbocycles. The Kier molecular flexibility index (Phi) is 5.10. The van der Waals surface area contributed by atoms with E-state index in [1.807, 2.05) is 0 Å². The highest BCUT2D eigenvalue weighted by Gasteiger charge is 2.32. The van der Waals surface area contributed by atoms with Crippen LogP contribution in [0.5, 0.6) is 5.75 Å². The van der Waals surface area contributed by atoms with Crippen LogP contribution < -0.4 is 10.5 Å². The fourth-order valence-corrected chi connectivity index (χ4v) is 3.73. The molecule has 0 radical (unpaired) electrons. The number of methoxy groups -OCH3 is 1. The zero-order chi connectivity index (χ0) is 14.9. The minimum absolute atomic E-state index is 0.397. The smallest absolute Gasteiger partial charge is 0.137 e. The molecular formula is C16H25BrN2O. The van der Waals surface area contributed by atoms with Crippen molar-refractivity contribution in [2.75, 3.05) is 27.2 Å². The molecule has 2 atom stereocenters. The lowest BCUT2D eigenvalue weighted by Crippen LogP contribution is -2.21. The van der Waals surface area contributed by atoms with Gasteiger partial charge >= 0.3 is 0 Å². The van der Waals surface area contributed by atoms with E-state index in [-0.39, 0.29) is 0 Å². The van der Waals surface area contributed by atoms with Gasteiger partial charge in [-0.15, -0.1) is 0 Å². The second kappa shape index (κ2) is 6.46. The number of halogens is 1. The third-order valence-corrected chi connectivity index (χ3v) is 4.88. The van der Waals surface area contributed by atoms with Crippen LogP contribution in [0.2, 0.25) is 0 Å².